The summed E-state index contributed by atoms with van der Waals surface area (Å²) in [6, 6.07) is 4.09. The topological polar surface area (TPSA) is 89.9 Å². The maximum Gasteiger partial charge on any atom is 0.308 e. The summed E-state index contributed by atoms with van der Waals surface area (Å²) in [6.07, 6.45) is 1.03. The number of aliphatic hydroxyl groups is 1. The molecule has 0 aliphatic heterocycles. The molecule has 0 atom stereocenters. The highest BCUT2D eigenvalue weighted by Crippen LogP contribution is 2.30. The van der Waals surface area contributed by atoms with E-state index in [1.165, 1.54) is 39.0 Å². The van der Waals surface area contributed by atoms with Crippen molar-refractivity contribution in [1.29, 1.82) is 0 Å². The van der Waals surface area contributed by atoms with E-state index < -0.39 is 11.9 Å². The highest BCUT2D eigenvalue weighted by atomic mass is 16.6. The van der Waals surface area contributed by atoms with E-state index in [1.54, 1.807) is 0 Å². The first-order chi connectivity index (χ1) is 9.29. The zero-order chi connectivity index (χ0) is 15.3. The van der Waals surface area contributed by atoms with Crippen molar-refractivity contribution in [2.24, 2.45) is 0 Å². The van der Waals surface area contributed by atoms with E-state index in [4.69, 9.17) is 9.47 Å². The third kappa shape index (κ3) is 4.56. The predicted octanol–water partition coefficient (Wildman–Crippen LogP) is 2.03. The molecule has 1 aromatic carbocycles. The number of hydrogen-bond acceptors (Lipinski definition) is 6. The third-order valence-corrected chi connectivity index (χ3v) is 2.09. The van der Waals surface area contributed by atoms with Crippen molar-refractivity contribution in [3.8, 4) is 11.5 Å². The normalized spacial score (nSPS) is 10.8. The van der Waals surface area contributed by atoms with Gasteiger partial charge in [0.1, 0.15) is 5.76 Å². The Hall–Kier alpha value is -2.63. The molecule has 0 bridgehead atoms. The minimum Gasteiger partial charge on any atom is -0.507 e. The minimum absolute atomic E-state index is 0.0197. The number of carbonyl (C=O) groups is 3. The Morgan fingerprint density at radius 1 is 1.00 bits per heavy atom. The molecule has 0 aliphatic carbocycles. The Morgan fingerprint density at radius 3 is 2.05 bits per heavy atom. The molecule has 1 N–H and O–H groups in total. The molecule has 0 amide bonds. The first-order valence-corrected chi connectivity index (χ1v) is 5.72. The van der Waals surface area contributed by atoms with Crippen molar-refractivity contribution in [3.05, 3.63) is 29.8 Å². The van der Waals surface area contributed by atoms with Crippen LogP contribution < -0.4 is 9.47 Å². The molecule has 106 valence electrons. The quantitative estimate of drug-likeness (QED) is 0.392. The summed E-state index contributed by atoms with van der Waals surface area (Å²) in [7, 11) is 0. The van der Waals surface area contributed by atoms with E-state index in [1.807, 2.05) is 0 Å². The molecule has 0 aromatic heterocycles. The van der Waals surface area contributed by atoms with Crippen molar-refractivity contribution in [2.45, 2.75) is 20.8 Å². The number of carbonyl (C=O) groups excluding carboxylic acids is 3. The van der Waals surface area contributed by atoms with Crippen LogP contribution >= 0.6 is 0 Å². The molecule has 0 heterocycles. The van der Waals surface area contributed by atoms with Gasteiger partial charge < -0.3 is 14.6 Å². The fraction of sp³-hybridized carbons (Fsp3) is 0.214. The molecular formula is C14H14O6. The highest BCUT2D eigenvalue weighted by molar-refractivity contribution is 5.93. The van der Waals surface area contributed by atoms with Crippen LogP contribution in [0.1, 0.15) is 26.3 Å². The molecule has 6 nitrogen and oxygen atoms in total. The number of rotatable bonds is 4. The second kappa shape index (κ2) is 6.51. The second-order valence-corrected chi connectivity index (χ2v) is 3.99. The summed E-state index contributed by atoms with van der Waals surface area (Å²) in [5, 5.41) is 9.71. The molecule has 0 fully saturated rings. The number of esters is 2. The van der Waals surface area contributed by atoms with Gasteiger partial charge in [-0.2, -0.15) is 0 Å². The summed E-state index contributed by atoms with van der Waals surface area (Å²) in [5.41, 5.74) is 0.257. The number of hydrogen-bond donors (Lipinski definition) is 1. The Kier molecular flexibility index (Phi) is 5.02. The lowest BCUT2D eigenvalue weighted by molar-refractivity contribution is -0.134. The van der Waals surface area contributed by atoms with E-state index in [0.29, 0.717) is 0 Å². The molecule has 0 saturated carbocycles. The van der Waals surface area contributed by atoms with Crippen LogP contribution in [0.2, 0.25) is 0 Å². The summed E-state index contributed by atoms with van der Waals surface area (Å²) < 4.78 is 9.78. The van der Waals surface area contributed by atoms with Crippen LogP contribution in [0.5, 0.6) is 11.5 Å². The number of ketones is 1. The molecule has 1 rings (SSSR count). The van der Waals surface area contributed by atoms with Gasteiger partial charge in [0.2, 0.25) is 0 Å². The van der Waals surface area contributed by atoms with E-state index in [2.05, 4.69) is 0 Å². The second-order valence-electron chi connectivity index (χ2n) is 3.99. The van der Waals surface area contributed by atoms with Gasteiger partial charge in [0.05, 0.1) is 0 Å². The highest BCUT2D eigenvalue weighted by Gasteiger charge is 2.13. The number of aliphatic hydroxyl groups excluding tert-OH is 1. The smallest absolute Gasteiger partial charge is 0.308 e. The van der Waals surface area contributed by atoms with Gasteiger partial charge in [-0.15, -0.1) is 0 Å². The van der Waals surface area contributed by atoms with Gasteiger partial charge in [-0.3, -0.25) is 14.4 Å². The first kappa shape index (κ1) is 15.4. The summed E-state index contributed by atoms with van der Waals surface area (Å²) >= 11 is 0. The summed E-state index contributed by atoms with van der Waals surface area (Å²) in [6.45, 7) is 3.69. The molecule has 0 radical (unpaired) electrons. The number of ether oxygens (including phenoxy) is 2. The Labute approximate surface area is 115 Å². The molecule has 0 aliphatic rings. The molecular weight excluding hydrogens is 264 g/mol. The van der Waals surface area contributed by atoms with Crippen LogP contribution in [-0.4, -0.2) is 22.8 Å². The average Bonchev–Trinajstić information content (AvgIpc) is 2.29. The lowest BCUT2D eigenvalue weighted by atomic mass is 10.1. The SMILES string of the molecule is CC(=O)C=C(O)c1ccc(OC(C)=O)c(OC(C)=O)c1. The predicted molar refractivity (Wildman–Crippen MR) is 70.3 cm³/mol. The summed E-state index contributed by atoms with van der Waals surface area (Å²) in [5.74, 6) is -1.76. The molecule has 0 unspecified atom stereocenters. The van der Waals surface area contributed by atoms with Gasteiger partial charge in [0, 0.05) is 25.5 Å². The lowest BCUT2D eigenvalue weighted by Crippen LogP contribution is -2.07. The number of benzene rings is 1. The van der Waals surface area contributed by atoms with Gasteiger partial charge in [-0.05, 0) is 25.1 Å². The summed E-state index contributed by atoms with van der Waals surface area (Å²) in [4.78, 5) is 32.9. The van der Waals surface area contributed by atoms with Crippen molar-refractivity contribution >= 4 is 23.5 Å². The van der Waals surface area contributed by atoms with Crippen molar-refractivity contribution in [1.82, 2.24) is 0 Å². The Morgan fingerprint density at radius 2 is 1.55 bits per heavy atom. The maximum atomic E-state index is 11.0. The van der Waals surface area contributed by atoms with Crippen molar-refractivity contribution in [3.63, 3.8) is 0 Å². The maximum absolute atomic E-state index is 11.0. The molecule has 20 heavy (non-hydrogen) atoms. The first-order valence-electron chi connectivity index (χ1n) is 5.72. The van der Waals surface area contributed by atoms with E-state index >= 15 is 0 Å². The van der Waals surface area contributed by atoms with Crippen molar-refractivity contribution in [2.75, 3.05) is 0 Å². The molecule has 1 aromatic rings. The Bertz CT molecular complexity index is 585. The lowest BCUT2D eigenvalue weighted by Gasteiger charge is -2.10. The van der Waals surface area contributed by atoms with Gasteiger partial charge in [0.25, 0.3) is 0 Å². The van der Waals surface area contributed by atoms with Crippen molar-refractivity contribution < 1.29 is 29.0 Å². The van der Waals surface area contributed by atoms with Crippen LogP contribution in [0.25, 0.3) is 5.76 Å². The van der Waals surface area contributed by atoms with Gasteiger partial charge in [-0.25, -0.2) is 0 Å². The van der Waals surface area contributed by atoms with Crippen LogP contribution in [-0.2, 0) is 14.4 Å². The van der Waals surface area contributed by atoms with E-state index in [-0.39, 0.29) is 28.6 Å². The zero-order valence-electron chi connectivity index (χ0n) is 11.3. The molecule has 0 spiro atoms. The fourth-order valence-corrected chi connectivity index (χ4v) is 1.42. The van der Waals surface area contributed by atoms with Gasteiger partial charge in [-0.1, -0.05) is 0 Å². The Balaban J connectivity index is 3.22. The van der Waals surface area contributed by atoms with Crippen LogP contribution in [0, 0.1) is 0 Å². The number of allylic oxidation sites excluding steroid dienone is 1. The van der Waals surface area contributed by atoms with Crippen LogP contribution in [0.4, 0.5) is 0 Å². The van der Waals surface area contributed by atoms with Crippen LogP contribution in [0.15, 0.2) is 24.3 Å². The minimum atomic E-state index is -0.606. The molecule has 0 saturated heterocycles. The van der Waals surface area contributed by atoms with E-state index in [9.17, 15) is 19.5 Å². The zero-order valence-corrected chi connectivity index (χ0v) is 11.3. The standard InChI is InChI=1S/C14H14O6/c1-8(15)6-12(18)11-4-5-13(19-9(2)16)14(7-11)20-10(3)17/h4-7,18H,1-3H3. The monoisotopic (exact) mass is 278 g/mol. The fourth-order valence-electron chi connectivity index (χ4n) is 1.42. The average molecular weight is 278 g/mol. The van der Waals surface area contributed by atoms with Gasteiger partial charge >= 0.3 is 11.9 Å². The van der Waals surface area contributed by atoms with Crippen LogP contribution in [0.3, 0.4) is 0 Å². The largest absolute Gasteiger partial charge is 0.507 e. The molecule has 6 heteroatoms. The van der Waals surface area contributed by atoms with E-state index in [0.717, 1.165) is 6.08 Å². The third-order valence-electron chi connectivity index (χ3n) is 2.09. The van der Waals surface area contributed by atoms with Gasteiger partial charge in [0.15, 0.2) is 17.3 Å².